The number of aryl methyl sites for hydroxylation is 2. The summed E-state index contributed by atoms with van der Waals surface area (Å²) in [5.74, 6) is 0.496. The summed E-state index contributed by atoms with van der Waals surface area (Å²) in [6, 6.07) is 7.05. The molecule has 0 radical (unpaired) electrons. The van der Waals surface area contributed by atoms with Gasteiger partial charge in [0, 0.05) is 25.9 Å². The minimum absolute atomic E-state index is 0.101. The molecule has 1 fully saturated rings. The molecule has 0 saturated carbocycles. The number of piperidine rings is 1. The number of carbonyl (C=O) groups excluding carboxylic acids is 2. The summed E-state index contributed by atoms with van der Waals surface area (Å²) >= 11 is 18.5. The number of amides is 1. The highest BCUT2D eigenvalue weighted by molar-refractivity contribution is 6.46. The van der Waals surface area contributed by atoms with Crippen LogP contribution >= 0.6 is 34.8 Å². The van der Waals surface area contributed by atoms with E-state index in [1.807, 2.05) is 26.0 Å². The zero-order valence-corrected chi connectivity index (χ0v) is 18.4. The van der Waals surface area contributed by atoms with Gasteiger partial charge in [-0.25, -0.2) is 0 Å². The van der Waals surface area contributed by atoms with Gasteiger partial charge in [-0.15, -0.1) is 0 Å². The van der Waals surface area contributed by atoms with Crippen LogP contribution in [0.25, 0.3) is 0 Å². The number of carbonyl (C=O) groups is 2. The monoisotopic (exact) mass is 451 g/mol. The van der Waals surface area contributed by atoms with Crippen LogP contribution in [0.4, 0.5) is 0 Å². The van der Waals surface area contributed by atoms with Crippen LogP contribution in [0.3, 0.4) is 0 Å². The number of ether oxygens (including phenoxy) is 1. The second-order valence-electron chi connectivity index (χ2n) is 7.85. The van der Waals surface area contributed by atoms with Crippen molar-refractivity contribution in [3.8, 4) is 5.75 Å². The van der Waals surface area contributed by atoms with Crippen LogP contribution in [-0.4, -0.2) is 35.3 Å². The van der Waals surface area contributed by atoms with E-state index in [4.69, 9.17) is 39.5 Å². The van der Waals surface area contributed by atoms with Crippen molar-refractivity contribution in [2.24, 2.45) is 0 Å². The van der Waals surface area contributed by atoms with Gasteiger partial charge in [0.25, 0.3) is 5.91 Å². The molecule has 1 amide bonds. The van der Waals surface area contributed by atoms with Gasteiger partial charge in [-0.1, -0.05) is 40.9 Å². The van der Waals surface area contributed by atoms with E-state index in [9.17, 15) is 9.59 Å². The van der Waals surface area contributed by atoms with E-state index in [1.165, 1.54) is 0 Å². The number of nitrogens with zero attached hydrogens (tertiary/aromatic N) is 1. The summed E-state index contributed by atoms with van der Waals surface area (Å²) < 4.78 is 6.36. The molecule has 4 rings (SSSR count). The predicted molar refractivity (Wildman–Crippen MR) is 115 cm³/mol. The fraction of sp³-hybridized carbons (Fsp3) is 0.364. The topological polar surface area (TPSA) is 46.6 Å². The molecule has 0 aromatic heterocycles. The standard InChI is InChI=1S/C22H20Cl3NO3/c1-12-9-13(2)18-16(27)11-22(29-17(18)10-12)5-7-26(8-6-22)21(28)19-14(23)3-4-15(24)20(19)25/h3-4,9-10H,5-8,11H2,1-2H3. The largest absolute Gasteiger partial charge is 0.486 e. The molecule has 0 N–H and O–H groups in total. The van der Waals surface area contributed by atoms with E-state index in [1.54, 1.807) is 17.0 Å². The fourth-order valence-corrected chi connectivity index (χ4v) is 4.98. The fourth-order valence-electron chi connectivity index (χ4n) is 4.29. The molecule has 2 aliphatic rings. The highest BCUT2D eigenvalue weighted by Crippen LogP contribution is 2.41. The lowest BCUT2D eigenvalue weighted by Crippen LogP contribution is -2.52. The maximum absolute atomic E-state index is 13.0. The molecule has 2 heterocycles. The van der Waals surface area contributed by atoms with Gasteiger partial charge in [-0.3, -0.25) is 9.59 Å². The quantitative estimate of drug-likeness (QED) is 0.506. The van der Waals surface area contributed by atoms with Crippen molar-refractivity contribution in [2.75, 3.05) is 13.1 Å². The molecular weight excluding hydrogens is 433 g/mol. The second-order valence-corrected chi connectivity index (χ2v) is 9.04. The van der Waals surface area contributed by atoms with Gasteiger partial charge in [-0.05, 0) is 43.2 Å². The van der Waals surface area contributed by atoms with Crippen LogP contribution in [0.15, 0.2) is 24.3 Å². The van der Waals surface area contributed by atoms with E-state index < -0.39 is 5.60 Å². The Morgan fingerprint density at radius 1 is 1.07 bits per heavy atom. The molecule has 1 spiro atoms. The number of halogens is 3. The summed E-state index contributed by atoms with van der Waals surface area (Å²) in [6.45, 7) is 4.82. The van der Waals surface area contributed by atoms with Crippen molar-refractivity contribution in [3.63, 3.8) is 0 Å². The third-order valence-corrected chi connectivity index (χ3v) is 6.87. The molecule has 29 heavy (non-hydrogen) atoms. The van der Waals surface area contributed by atoms with Crippen molar-refractivity contribution in [1.82, 2.24) is 4.90 Å². The number of likely N-dealkylation sites (tertiary alicyclic amines) is 1. The average molecular weight is 453 g/mol. The van der Waals surface area contributed by atoms with E-state index in [-0.39, 0.29) is 32.3 Å². The Balaban J connectivity index is 1.55. The first kappa shape index (κ1) is 20.5. The molecule has 4 nitrogen and oxygen atoms in total. The van der Waals surface area contributed by atoms with Gasteiger partial charge in [0.05, 0.1) is 32.6 Å². The normalized spacial score (nSPS) is 17.8. The number of hydrogen-bond donors (Lipinski definition) is 0. The molecule has 0 unspecified atom stereocenters. The third kappa shape index (κ3) is 3.63. The third-order valence-electron chi connectivity index (χ3n) is 5.75. The molecule has 2 aliphatic heterocycles. The molecule has 2 aromatic rings. The Morgan fingerprint density at radius 2 is 1.72 bits per heavy atom. The van der Waals surface area contributed by atoms with Gasteiger partial charge in [0.2, 0.25) is 0 Å². The van der Waals surface area contributed by atoms with Crippen molar-refractivity contribution >= 4 is 46.5 Å². The lowest BCUT2D eigenvalue weighted by molar-refractivity contribution is -0.00579. The molecule has 0 aliphatic carbocycles. The first-order chi connectivity index (χ1) is 13.7. The van der Waals surface area contributed by atoms with Crippen LogP contribution in [0.5, 0.6) is 5.75 Å². The van der Waals surface area contributed by atoms with Crippen molar-refractivity contribution in [2.45, 2.75) is 38.7 Å². The van der Waals surface area contributed by atoms with Gasteiger partial charge in [-0.2, -0.15) is 0 Å². The number of ketones is 1. The van der Waals surface area contributed by atoms with Gasteiger partial charge in [0.1, 0.15) is 11.4 Å². The molecule has 7 heteroatoms. The van der Waals surface area contributed by atoms with Crippen LogP contribution in [0, 0.1) is 13.8 Å². The smallest absolute Gasteiger partial charge is 0.256 e. The first-order valence-electron chi connectivity index (χ1n) is 9.47. The molecular formula is C22H20Cl3NO3. The second kappa shape index (κ2) is 7.50. The average Bonchev–Trinajstić information content (AvgIpc) is 2.64. The number of fused-ring (bicyclic) bond motifs is 1. The number of rotatable bonds is 1. The van der Waals surface area contributed by atoms with Gasteiger partial charge < -0.3 is 9.64 Å². The summed E-state index contributed by atoms with van der Waals surface area (Å²) in [5.41, 5.74) is 2.32. The molecule has 152 valence electrons. The highest BCUT2D eigenvalue weighted by Gasteiger charge is 2.44. The Bertz CT molecular complexity index is 1030. The molecule has 0 atom stereocenters. The Hall–Kier alpha value is -1.75. The highest BCUT2D eigenvalue weighted by atomic mass is 35.5. The minimum Gasteiger partial charge on any atom is -0.486 e. The van der Waals surface area contributed by atoms with Gasteiger partial charge in [0.15, 0.2) is 5.78 Å². The summed E-state index contributed by atoms with van der Waals surface area (Å²) in [5, 5.41) is 0.721. The molecule has 2 aromatic carbocycles. The summed E-state index contributed by atoms with van der Waals surface area (Å²) in [7, 11) is 0. The first-order valence-corrected chi connectivity index (χ1v) is 10.6. The maximum Gasteiger partial charge on any atom is 0.256 e. The van der Waals surface area contributed by atoms with Crippen LogP contribution < -0.4 is 4.74 Å². The van der Waals surface area contributed by atoms with Crippen LogP contribution in [0.2, 0.25) is 15.1 Å². The van der Waals surface area contributed by atoms with E-state index in [0.717, 1.165) is 11.1 Å². The maximum atomic E-state index is 13.0. The summed E-state index contributed by atoms with van der Waals surface area (Å²) in [4.78, 5) is 27.5. The minimum atomic E-state index is -0.580. The number of benzene rings is 2. The Kier molecular flexibility index (Phi) is 5.30. The van der Waals surface area contributed by atoms with Crippen LogP contribution in [-0.2, 0) is 0 Å². The van der Waals surface area contributed by atoms with Crippen molar-refractivity contribution in [1.29, 1.82) is 0 Å². The van der Waals surface area contributed by atoms with Crippen molar-refractivity contribution < 1.29 is 14.3 Å². The lowest BCUT2D eigenvalue weighted by atomic mass is 9.81. The van der Waals surface area contributed by atoms with E-state index in [2.05, 4.69) is 0 Å². The molecule has 0 bridgehead atoms. The Labute approximate surface area is 184 Å². The zero-order chi connectivity index (χ0) is 20.9. The van der Waals surface area contributed by atoms with Gasteiger partial charge >= 0.3 is 0 Å². The van der Waals surface area contributed by atoms with E-state index >= 15 is 0 Å². The number of Topliss-reactive ketones (excluding diaryl/α,β-unsaturated/α-hetero) is 1. The SMILES string of the molecule is Cc1cc(C)c2c(c1)OC1(CCN(C(=O)c3c(Cl)ccc(Cl)c3Cl)CC1)CC2=O. The van der Waals surface area contributed by atoms with Crippen molar-refractivity contribution in [3.05, 3.63) is 61.6 Å². The summed E-state index contributed by atoms with van der Waals surface area (Å²) in [6.07, 6.45) is 1.45. The zero-order valence-electron chi connectivity index (χ0n) is 16.2. The molecule has 1 saturated heterocycles. The van der Waals surface area contributed by atoms with Crippen LogP contribution in [0.1, 0.15) is 51.1 Å². The lowest BCUT2D eigenvalue weighted by Gasteiger charge is -2.44. The number of hydrogen-bond acceptors (Lipinski definition) is 3. The van der Waals surface area contributed by atoms with E-state index in [0.29, 0.717) is 43.7 Å². The Morgan fingerprint density at radius 3 is 2.41 bits per heavy atom. The predicted octanol–water partition coefficient (Wildman–Crippen LogP) is 5.90.